The van der Waals surface area contributed by atoms with Gasteiger partial charge in [-0.1, -0.05) is 11.6 Å². The van der Waals surface area contributed by atoms with Crippen molar-refractivity contribution in [3.05, 3.63) is 56.2 Å². The number of imidazole rings is 1. The molecule has 3 aromatic rings. The lowest BCUT2D eigenvalue weighted by molar-refractivity contribution is 1.06. The summed E-state index contributed by atoms with van der Waals surface area (Å²) in [6, 6.07) is 13.0. The molecule has 0 atom stereocenters. The van der Waals surface area contributed by atoms with Crippen molar-refractivity contribution >= 4 is 50.8 Å². The molecule has 0 aliphatic rings. The molecule has 3 rings (SSSR count). The number of H-pyrrole nitrogens is 1. The van der Waals surface area contributed by atoms with Gasteiger partial charge in [-0.15, -0.1) is 0 Å². The van der Waals surface area contributed by atoms with E-state index in [0.717, 1.165) is 21.2 Å². The Morgan fingerprint density at radius 1 is 1.25 bits per heavy atom. The molecular weight excluding hydrogens is 358 g/mol. The van der Waals surface area contributed by atoms with Gasteiger partial charge in [-0.05, 0) is 64.5 Å². The van der Waals surface area contributed by atoms with E-state index in [1.165, 1.54) is 0 Å². The van der Waals surface area contributed by atoms with E-state index in [1.54, 1.807) is 12.1 Å². The lowest BCUT2D eigenvalue weighted by Crippen LogP contribution is -1.95. The first-order valence-corrected chi connectivity index (χ1v) is 7.28. The van der Waals surface area contributed by atoms with E-state index in [0.29, 0.717) is 15.4 Å². The summed E-state index contributed by atoms with van der Waals surface area (Å²) in [6.45, 7) is 0. The summed E-state index contributed by atoms with van der Waals surface area (Å²) >= 11 is 14.9. The molecule has 0 radical (unpaired) electrons. The van der Waals surface area contributed by atoms with Crippen LogP contribution < -0.4 is 0 Å². The summed E-state index contributed by atoms with van der Waals surface area (Å²) in [5.74, 6) is 0. The molecular formula is C14H7BrClN3S. The minimum absolute atomic E-state index is 0.577. The third kappa shape index (κ3) is 2.16. The van der Waals surface area contributed by atoms with E-state index < -0.39 is 0 Å². The highest BCUT2D eigenvalue weighted by atomic mass is 79.9. The highest BCUT2D eigenvalue weighted by molar-refractivity contribution is 9.10. The Hall–Kier alpha value is -1.61. The molecule has 1 heterocycles. The maximum Gasteiger partial charge on any atom is 0.182 e. The Bertz CT molecular complexity index is 920. The molecule has 1 N–H and O–H groups in total. The number of nitrogens with zero attached hydrogens (tertiary/aromatic N) is 2. The van der Waals surface area contributed by atoms with E-state index in [-0.39, 0.29) is 0 Å². The summed E-state index contributed by atoms with van der Waals surface area (Å²) in [5, 5.41) is 9.57. The van der Waals surface area contributed by atoms with Gasteiger partial charge >= 0.3 is 0 Å². The highest BCUT2D eigenvalue weighted by Crippen LogP contribution is 2.28. The minimum Gasteiger partial charge on any atom is -0.330 e. The van der Waals surface area contributed by atoms with Crippen LogP contribution in [-0.2, 0) is 0 Å². The molecule has 0 saturated heterocycles. The van der Waals surface area contributed by atoms with Gasteiger partial charge < -0.3 is 4.98 Å². The number of hydrogen-bond acceptors (Lipinski definition) is 2. The van der Waals surface area contributed by atoms with Gasteiger partial charge in [-0.2, -0.15) is 5.26 Å². The van der Waals surface area contributed by atoms with Crippen molar-refractivity contribution in [2.75, 3.05) is 0 Å². The average molecular weight is 365 g/mol. The van der Waals surface area contributed by atoms with Crippen LogP contribution >= 0.6 is 39.7 Å². The molecule has 0 unspecified atom stereocenters. The van der Waals surface area contributed by atoms with Crippen molar-refractivity contribution in [1.82, 2.24) is 9.55 Å². The Balaban J connectivity index is 2.35. The number of nitriles is 1. The number of nitrogens with one attached hydrogen (secondary N) is 1. The third-order valence-corrected chi connectivity index (χ3v) is 4.12. The van der Waals surface area contributed by atoms with E-state index in [9.17, 15) is 0 Å². The standard InChI is InChI=1S/C14H7BrClN3S/c15-10-5-8(7-17)1-4-12(10)19-13-6-9(16)2-3-11(13)18-14(19)20/h1-6H,(H,18,20). The molecule has 2 aromatic carbocycles. The lowest BCUT2D eigenvalue weighted by atomic mass is 10.2. The summed E-state index contributed by atoms with van der Waals surface area (Å²) in [7, 11) is 0. The zero-order valence-electron chi connectivity index (χ0n) is 10.0. The van der Waals surface area contributed by atoms with Gasteiger partial charge in [0.15, 0.2) is 4.77 Å². The van der Waals surface area contributed by atoms with Crippen molar-refractivity contribution in [1.29, 1.82) is 5.26 Å². The molecule has 98 valence electrons. The Kier molecular flexibility index (Phi) is 3.38. The predicted octanol–water partition coefficient (Wildman–Crippen LogP) is 4.98. The molecule has 0 bridgehead atoms. The van der Waals surface area contributed by atoms with Crippen LogP contribution in [0.4, 0.5) is 0 Å². The largest absolute Gasteiger partial charge is 0.330 e. The second kappa shape index (κ2) is 5.06. The van der Waals surface area contributed by atoms with Gasteiger partial charge in [0.2, 0.25) is 0 Å². The average Bonchev–Trinajstić information content (AvgIpc) is 2.74. The number of benzene rings is 2. The number of aromatic nitrogens is 2. The number of hydrogen-bond donors (Lipinski definition) is 1. The van der Waals surface area contributed by atoms with Gasteiger partial charge in [-0.3, -0.25) is 4.57 Å². The van der Waals surface area contributed by atoms with Crippen LogP contribution in [0.3, 0.4) is 0 Å². The first-order chi connectivity index (χ1) is 9.60. The van der Waals surface area contributed by atoms with Crippen molar-refractivity contribution in [2.24, 2.45) is 0 Å². The van der Waals surface area contributed by atoms with Crippen molar-refractivity contribution in [3.63, 3.8) is 0 Å². The molecule has 3 nitrogen and oxygen atoms in total. The van der Waals surface area contributed by atoms with Gasteiger partial charge in [0.25, 0.3) is 0 Å². The van der Waals surface area contributed by atoms with Crippen LogP contribution in [-0.4, -0.2) is 9.55 Å². The van der Waals surface area contributed by atoms with Crippen LogP contribution in [0, 0.1) is 16.1 Å². The second-order valence-electron chi connectivity index (χ2n) is 4.21. The van der Waals surface area contributed by atoms with E-state index >= 15 is 0 Å². The van der Waals surface area contributed by atoms with Crippen LogP contribution in [0.2, 0.25) is 5.02 Å². The fourth-order valence-electron chi connectivity index (χ4n) is 2.07. The number of rotatable bonds is 1. The minimum atomic E-state index is 0.577. The Labute approximate surface area is 133 Å². The summed E-state index contributed by atoms with van der Waals surface area (Å²) in [6.07, 6.45) is 0. The zero-order chi connectivity index (χ0) is 14.3. The Morgan fingerprint density at radius 2 is 2.05 bits per heavy atom. The summed E-state index contributed by atoms with van der Waals surface area (Å²) < 4.78 is 3.27. The molecule has 0 spiro atoms. The Morgan fingerprint density at radius 3 is 2.75 bits per heavy atom. The van der Waals surface area contributed by atoms with Crippen LogP contribution in [0.1, 0.15) is 5.56 Å². The van der Waals surface area contributed by atoms with E-state index in [2.05, 4.69) is 27.0 Å². The van der Waals surface area contributed by atoms with Crippen molar-refractivity contribution in [3.8, 4) is 11.8 Å². The molecule has 0 aliphatic carbocycles. The molecule has 0 aliphatic heterocycles. The van der Waals surface area contributed by atoms with Gasteiger partial charge in [-0.25, -0.2) is 0 Å². The summed E-state index contributed by atoms with van der Waals surface area (Å²) in [4.78, 5) is 3.14. The highest BCUT2D eigenvalue weighted by Gasteiger charge is 2.10. The van der Waals surface area contributed by atoms with Crippen LogP contribution in [0.15, 0.2) is 40.9 Å². The van der Waals surface area contributed by atoms with Gasteiger partial charge in [0.1, 0.15) is 0 Å². The van der Waals surface area contributed by atoms with Crippen molar-refractivity contribution < 1.29 is 0 Å². The number of aromatic amines is 1. The maximum atomic E-state index is 8.92. The van der Waals surface area contributed by atoms with Crippen LogP contribution in [0.5, 0.6) is 0 Å². The molecule has 0 amide bonds. The van der Waals surface area contributed by atoms with Crippen LogP contribution in [0.25, 0.3) is 16.7 Å². The number of halogens is 2. The molecule has 20 heavy (non-hydrogen) atoms. The van der Waals surface area contributed by atoms with Gasteiger partial charge in [0.05, 0.1) is 28.4 Å². The first-order valence-electron chi connectivity index (χ1n) is 5.70. The normalized spacial score (nSPS) is 10.7. The second-order valence-corrected chi connectivity index (χ2v) is 5.88. The fraction of sp³-hybridized carbons (Fsp3) is 0. The van der Waals surface area contributed by atoms with Gasteiger partial charge in [0, 0.05) is 9.50 Å². The third-order valence-electron chi connectivity index (χ3n) is 2.96. The molecule has 1 aromatic heterocycles. The number of fused-ring (bicyclic) bond motifs is 1. The molecule has 6 heteroatoms. The smallest absolute Gasteiger partial charge is 0.182 e. The van der Waals surface area contributed by atoms with E-state index in [1.807, 2.05) is 28.8 Å². The zero-order valence-corrected chi connectivity index (χ0v) is 13.2. The maximum absolute atomic E-state index is 8.92. The lowest BCUT2D eigenvalue weighted by Gasteiger charge is -2.07. The quantitative estimate of drug-likeness (QED) is 0.619. The summed E-state index contributed by atoms with van der Waals surface area (Å²) in [5.41, 5.74) is 3.26. The SMILES string of the molecule is N#Cc1ccc(-n2c(=S)[nH]c3ccc(Cl)cc32)c(Br)c1. The topological polar surface area (TPSA) is 44.5 Å². The molecule has 0 saturated carbocycles. The van der Waals surface area contributed by atoms with Crippen molar-refractivity contribution in [2.45, 2.75) is 0 Å². The predicted molar refractivity (Wildman–Crippen MR) is 85.9 cm³/mol. The monoisotopic (exact) mass is 363 g/mol. The van der Waals surface area contributed by atoms with E-state index in [4.69, 9.17) is 29.1 Å². The molecule has 0 fully saturated rings. The first kappa shape index (κ1) is 13.4. The fourth-order valence-corrected chi connectivity index (χ4v) is 3.10.